The van der Waals surface area contributed by atoms with Gasteiger partial charge in [0, 0.05) is 24.7 Å². The Labute approximate surface area is 122 Å². The number of sulfonamides is 1. The Morgan fingerprint density at radius 3 is 2.63 bits per heavy atom. The molecule has 2 N–H and O–H groups in total. The van der Waals surface area contributed by atoms with Crippen LogP contribution in [0.3, 0.4) is 0 Å². The second-order valence-corrected chi connectivity index (χ2v) is 6.78. The van der Waals surface area contributed by atoms with E-state index in [0.29, 0.717) is 11.0 Å². The van der Waals surface area contributed by atoms with E-state index in [1.165, 1.54) is 0 Å². The summed E-state index contributed by atoms with van der Waals surface area (Å²) in [5.41, 5.74) is 1.01. The Bertz CT molecular complexity index is 520. The molecule has 0 aliphatic rings. The van der Waals surface area contributed by atoms with Crippen molar-refractivity contribution < 1.29 is 13.2 Å². The van der Waals surface area contributed by atoms with Gasteiger partial charge in [-0.2, -0.15) is 0 Å². The summed E-state index contributed by atoms with van der Waals surface area (Å²) in [5.74, 6) is 0. The van der Waals surface area contributed by atoms with E-state index in [0.717, 1.165) is 5.56 Å². The zero-order valence-corrected chi connectivity index (χ0v) is 13.6. The lowest BCUT2D eigenvalue weighted by molar-refractivity contribution is 0.122. The Balaban J connectivity index is 2.89. The van der Waals surface area contributed by atoms with Gasteiger partial charge in [0.15, 0.2) is 0 Å². The largest absolute Gasteiger partial charge is 0.380 e. The second kappa shape index (κ2) is 7.35. The summed E-state index contributed by atoms with van der Waals surface area (Å²) in [6.07, 6.45) is -0.169. The first-order valence-electron chi connectivity index (χ1n) is 5.86. The van der Waals surface area contributed by atoms with E-state index in [4.69, 9.17) is 4.74 Å². The van der Waals surface area contributed by atoms with Crippen LogP contribution in [0.5, 0.6) is 0 Å². The third-order valence-electron chi connectivity index (χ3n) is 2.63. The van der Waals surface area contributed by atoms with Gasteiger partial charge in [0.05, 0.1) is 11.0 Å². The van der Waals surface area contributed by atoms with E-state index in [-0.39, 0.29) is 17.5 Å². The predicted octanol–water partition coefficient (Wildman–Crippen LogP) is 1.48. The highest BCUT2D eigenvalue weighted by Crippen LogP contribution is 2.23. The molecule has 0 aromatic heterocycles. The standard InChI is InChI=1S/C12H19BrN2O3S/c1-9(18-3)7-15-19(16,17)12-5-4-10(8-14-2)6-11(12)13/h4-6,9,14-15H,7-8H2,1-3H3. The summed E-state index contributed by atoms with van der Waals surface area (Å²) in [6.45, 7) is 2.73. The number of methoxy groups -OCH3 is 1. The van der Waals surface area contributed by atoms with Gasteiger partial charge in [0.1, 0.15) is 0 Å². The Morgan fingerprint density at radius 1 is 1.42 bits per heavy atom. The molecule has 5 nitrogen and oxygen atoms in total. The van der Waals surface area contributed by atoms with Gasteiger partial charge in [-0.1, -0.05) is 6.07 Å². The molecule has 19 heavy (non-hydrogen) atoms. The molecule has 0 aliphatic heterocycles. The lowest BCUT2D eigenvalue weighted by Crippen LogP contribution is -2.31. The lowest BCUT2D eigenvalue weighted by atomic mass is 10.2. The van der Waals surface area contributed by atoms with E-state index in [1.54, 1.807) is 32.2 Å². The number of rotatable bonds is 7. The number of nitrogens with one attached hydrogen (secondary N) is 2. The van der Waals surface area contributed by atoms with E-state index in [2.05, 4.69) is 26.0 Å². The molecule has 1 aromatic carbocycles. The molecule has 0 saturated heterocycles. The van der Waals surface area contributed by atoms with Crippen LogP contribution in [0.1, 0.15) is 12.5 Å². The Morgan fingerprint density at radius 2 is 2.11 bits per heavy atom. The number of hydrogen-bond donors (Lipinski definition) is 2. The molecule has 1 rings (SSSR count). The molecule has 7 heteroatoms. The summed E-state index contributed by atoms with van der Waals surface area (Å²) >= 11 is 3.30. The van der Waals surface area contributed by atoms with Gasteiger partial charge in [-0.25, -0.2) is 13.1 Å². The molecule has 0 spiro atoms. The molecule has 0 aliphatic carbocycles. The minimum Gasteiger partial charge on any atom is -0.380 e. The van der Waals surface area contributed by atoms with Crippen molar-refractivity contribution in [2.24, 2.45) is 0 Å². The minimum absolute atomic E-state index is 0.169. The van der Waals surface area contributed by atoms with Crippen molar-refractivity contribution in [3.05, 3.63) is 28.2 Å². The third-order valence-corrected chi connectivity index (χ3v) is 5.03. The van der Waals surface area contributed by atoms with Crippen LogP contribution in [0.4, 0.5) is 0 Å². The van der Waals surface area contributed by atoms with Crippen molar-refractivity contribution in [2.75, 3.05) is 20.7 Å². The second-order valence-electron chi connectivity index (χ2n) is 4.19. The molecule has 0 bridgehead atoms. The first kappa shape index (κ1) is 16.6. The molecule has 0 saturated carbocycles. The highest BCUT2D eigenvalue weighted by Gasteiger charge is 2.18. The fourth-order valence-electron chi connectivity index (χ4n) is 1.46. The summed E-state index contributed by atoms with van der Waals surface area (Å²) in [4.78, 5) is 0.232. The smallest absolute Gasteiger partial charge is 0.241 e. The van der Waals surface area contributed by atoms with Crippen molar-refractivity contribution in [3.63, 3.8) is 0 Å². The van der Waals surface area contributed by atoms with Crippen molar-refractivity contribution in [1.29, 1.82) is 0 Å². The average Bonchev–Trinajstić information content (AvgIpc) is 2.36. The normalized spacial score (nSPS) is 13.5. The van der Waals surface area contributed by atoms with Crippen LogP contribution in [0.15, 0.2) is 27.6 Å². The number of benzene rings is 1. The molecule has 108 valence electrons. The van der Waals surface area contributed by atoms with E-state index >= 15 is 0 Å². The monoisotopic (exact) mass is 350 g/mol. The van der Waals surface area contributed by atoms with Gasteiger partial charge in [0.25, 0.3) is 0 Å². The summed E-state index contributed by atoms with van der Waals surface area (Å²) in [5, 5.41) is 3.01. The van der Waals surface area contributed by atoms with Gasteiger partial charge >= 0.3 is 0 Å². The van der Waals surface area contributed by atoms with E-state index in [9.17, 15) is 8.42 Å². The summed E-state index contributed by atoms with van der Waals surface area (Å²) < 4.78 is 32.3. The van der Waals surface area contributed by atoms with Crippen LogP contribution in [0, 0.1) is 0 Å². The molecule has 1 aromatic rings. The molecule has 0 radical (unpaired) electrons. The number of halogens is 1. The van der Waals surface area contributed by atoms with Crippen LogP contribution < -0.4 is 10.0 Å². The number of ether oxygens (including phenoxy) is 1. The van der Waals surface area contributed by atoms with Crippen LogP contribution in [-0.2, 0) is 21.3 Å². The van der Waals surface area contributed by atoms with E-state index in [1.807, 2.05) is 7.05 Å². The molecule has 0 fully saturated rings. The number of hydrogen-bond acceptors (Lipinski definition) is 4. The SMILES string of the molecule is CNCc1ccc(S(=O)(=O)NCC(C)OC)c(Br)c1. The first-order chi connectivity index (χ1) is 8.90. The topological polar surface area (TPSA) is 67.4 Å². The van der Waals surface area contributed by atoms with Crippen LogP contribution in [0.2, 0.25) is 0 Å². The summed E-state index contributed by atoms with van der Waals surface area (Å²) in [6, 6.07) is 5.18. The highest BCUT2D eigenvalue weighted by molar-refractivity contribution is 9.10. The maximum absolute atomic E-state index is 12.1. The first-order valence-corrected chi connectivity index (χ1v) is 8.13. The van der Waals surface area contributed by atoms with Crippen molar-refractivity contribution in [1.82, 2.24) is 10.0 Å². The van der Waals surface area contributed by atoms with Gasteiger partial charge in [-0.15, -0.1) is 0 Å². The molecule has 0 amide bonds. The van der Waals surface area contributed by atoms with E-state index < -0.39 is 10.0 Å². The van der Waals surface area contributed by atoms with Crippen molar-refractivity contribution in [2.45, 2.75) is 24.5 Å². The van der Waals surface area contributed by atoms with Gasteiger partial charge in [0.2, 0.25) is 10.0 Å². The van der Waals surface area contributed by atoms with Crippen molar-refractivity contribution >= 4 is 26.0 Å². The van der Waals surface area contributed by atoms with Gasteiger partial charge < -0.3 is 10.1 Å². The van der Waals surface area contributed by atoms with Gasteiger partial charge in [-0.3, -0.25) is 0 Å². The molecule has 0 heterocycles. The Kier molecular flexibility index (Phi) is 6.41. The van der Waals surface area contributed by atoms with Crippen molar-refractivity contribution in [3.8, 4) is 0 Å². The third kappa shape index (κ3) is 4.85. The average molecular weight is 351 g/mol. The molecular weight excluding hydrogens is 332 g/mol. The zero-order chi connectivity index (χ0) is 14.5. The minimum atomic E-state index is -3.53. The lowest BCUT2D eigenvalue weighted by Gasteiger charge is -2.13. The quantitative estimate of drug-likeness (QED) is 0.781. The van der Waals surface area contributed by atoms with Crippen LogP contribution in [-0.4, -0.2) is 35.2 Å². The Hall–Kier alpha value is -0.470. The summed E-state index contributed by atoms with van der Waals surface area (Å²) in [7, 11) is -0.142. The van der Waals surface area contributed by atoms with Crippen LogP contribution in [0.25, 0.3) is 0 Å². The van der Waals surface area contributed by atoms with Gasteiger partial charge in [-0.05, 0) is 47.6 Å². The van der Waals surface area contributed by atoms with Crippen LogP contribution >= 0.6 is 15.9 Å². The highest BCUT2D eigenvalue weighted by atomic mass is 79.9. The molecular formula is C12H19BrN2O3S. The fraction of sp³-hybridized carbons (Fsp3) is 0.500. The zero-order valence-electron chi connectivity index (χ0n) is 11.2. The molecule has 1 unspecified atom stereocenters. The fourth-order valence-corrected chi connectivity index (χ4v) is 3.70. The predicted molar refractivity (Wildman–Crippen MR) is 78.6 cm³/mol. The molecule has 1 atom stereocenters. The maximum atomic E-state index is 12.1. The maximum Gasteiger partial charge on any atom is 0.241 e.